The van der Waals surface area contributed by atoms with Crippen molar-refractivity contribution in [1.29, 1.82) is 0 Å². The molecule has 4 rings (SSSR count). The van der Waals surface area contributed by atoms with Gasteiger partial charge in [-0.2, -0.15) is 4.98 Å². The SMILES string of the molecule is Cc1sc(-c2ccccc2)nc1CC(=O)N[C@H]1CC[C@@H](Nc2nccc(N(C)C)n2)CC1. The largest absolute Gasteiger partial charge is 0.363 e. The minimum absolute atomic E-state index is 0.0523. The number of benzene rings is 1. The molecule has 1 amide bonds. The Labute approximate surface area is 193 Å². The highest BCUT2D eigenvalue weighted by Crippen LogP contribution is 2.28. The van der Waals surface area contributed by atoms with Crippen LogP contribution in [-0.2, 0) is 11.2 Å². The Morgan fingerprint density at radius 2 is 1.78 bits per heavy atom. The number of hydrogen-bond donors (Lipinski definition) is 2. The first-order valence-corrected chi connectivity index (χ1v) is 11.9. The quantitative estimate of drug-likeness (QED) is 0.565. The van der Waals surface area contributed by atoms with Crippen molar-refractivity contribution in [3.63, 3.8) is 0 Å². The van der Waals surface area contributed by atoms with E-state index < -0.39 is 0 Å². The summed E-state index contributed by atoms with van der Waals surface area (Å²) >= 11 is 1.65. The van der Waals surface area contributed by atoms with Crippen LogP contribution in [0.4, 0.5) is 11.8 Å². The number of nitrogens with zero attached hydrogens (tertiary/aromatic N) is 4. The van der Waals surface area contributed by atoms with Crippen LogP contribution in [0.3, 0.4) is 0 Å². The van der Waals surface area contributed by atoms with Gasteiger partial charge in [0.05, 0.1) is 12.1 Å². The van der Waals surface area contributed by atoms with Crippen molar-refractivity contribution in [3.05, 3.63) is 53.2 Å². The highest BCUT2D eigenvalue weighted by Gasteiger charge is 2.23. The topological polar surface area (TPSA) is 83.0 Å². The summed E-state index contributed by atoms with van der Waals surface area (Å²) in [6, 6.07) is 12.5. The number of carbonyl (C=O) groups excluding carboxylic acids is 1. The number of thiazole rings is 1. The second-order valence-corrected chi connectivity index (χ2v) is 9.66. The molecule has 1 saturated carbocycles. The Morgan fingerprint density at radius 1 is 1.06 bits per heavy atom. The van der Waals surface area contributed by atoms with Crippen molar-refractivity contribution in [2.45, 2.75) is 51.1 Å². The molecule has 2 N–H and O–H groups in total. The molecular weight excluding hydrogens is 420 g/mol. The van der Waals surface area contributed by atoms with E-state index in [0.29, 0.717) is 18.4 Å². The number of aromatic nitrogens is 3. The van der Waals surface area contributed by atoms with Gasteiger partial charge in [0.25, 0.3) is 0 Å². The van der Waals surface area contributed by atoms with Gasteiger partial charge in [0, 0.05) is 42.8 Å². The monoisotopic (exact) mass is 450 g/mol. The van der Waals surface area contributed by atoms with Crippen molar-refractivity contribution in [2.24, 2.45) is 0 Å². The Balaban J connectivity index is 1.26. The average Bonchev–Trinajstić information content (AvgIpc) is 3.16. The van der Waals surface area contributed by atoms with Crippen molar-refractivity contribution >= 4 is 29.0 Å². The van der Waals surface area contributed by atoms with Gasteiger partial charge < -0.3 is 15.5 Å². The van der Waals surface area contributed by atoms with Gasteiger partial charge in [-0.3, -0.25) is 4.79 Å². The van der Waals surface area contributed by atoms with Crippen LogP contribution in [0.5, 0.6) is 0 Å². The summed E-state index contributed by atoms with van der Waals surface area (Å²) in [4.78, 5) is 29.3. The smallest absolute Gasteiger partial charge is 0.226 e. The van der Waals surface area contributed by atoms with Crippen molar-refractivity contribution in [2.75, 3.05) is 24.3 Å². The molecule has 8 heteroatoms. The maximum atomic E-state index is 12.7. The molecule has 1 aliphatic rings. The van der Waals surface area contributed by atoms with Gasteiger partial charge in [0.1, 0.15) is 10.8 Å². The summed E-state index contributed by atoms with van der Waals surface area (Å²) in [5, 5.41) is 7.63. The fraction of sp³-hybridized carbons (Fsp3) is 0.417. The number of hydrogen-bond acceptors (Lipinski definition) is 7. The lowest BCUT2D eigenvalue weighted by atomic mass is 9.91. The van der Waals surface area contributed by atoms with Gasteiger partial charge in [0.2, 0.25) is 11.9 Å². The van der Waals surface area contributed by atoms with Gasteiger partial charge in [-0.05, 0) is 38.7 Å². The molecule has 0 spiro atoms. The fourth-order valence-corrected chi connectivity index (χ4v) is 4.89. The molecule has 3 aromatic rings. The van der Waals surface area contributed by atoms with Crippen LogP contribution in [-0.4, -0.2) is 47.0 Å². The molecule has 7 nitrogen and oxygen atoms in total. The molecule has 0 bridgehead atoms. The van der Waals surface area contributed by atoms with Crippen LogP contribution in [0.25, 0.3) is 10.6 Å². The van der Waals surface area contributed by atoms with Crippen LogP contribution in [0.2, 0.25) is 0 Å². The van der Waals surface area contributed by atoms with E-state index in [2.05, 4.69) is 32.7 Å². The van der Waals surface area contributed by atoms with Crippen LogP contribution < -0.4 is 15.5 Å². The Hall–Kier alpha value is -3.00. The molecule has 0 radical (unpaired) electrons. The minimum Gasteiger partial charge on any atom is -0.363 e. The highest BCUT2D eigenvalue weighted by atomic mass is 32.1. The molecule has 168 valence electrons. The number of anilines is 2. The summed E-state index contributed by atoms with van der Waals surface area (Å²) in [6.45, 7) is 2.04. The van der Waals surface area contributed by atoms with E-state index in [1.165, 1.54) is 0 Å². The first kappa shape index (κ1) is 22.2. The summed E-state index contributed by atoms with van der Waals surface area (Å²) < 4.78 is 0. The lowest BCUT2D eigenvalue weighted by molar-refractivity contribution is -0.121. The maximum Gasteiger partial charge on any atom is 0.226 e. The van der Waals surface area contributed by atoms with Gasteiger partial charge in [0.15, 0.2) is 0 Å². The number of nitrogens with one attached hydrogen (secondary N) is 2. The van der Waals surface area contributed by atoms with E-state index in [4.69, 9.17) is 4.98 Å². The van der Waals surface area contributed by atoms with Gasteiger partial charge in [-0.25, -0.2) is 9.97 Å². The number of carbonyl (C=O) groups is 1. The second-order valence-electron chi connectivity index (χ2n) is 8.46. The third-order valence-corrected chi connectivity index (χ3v) is 6.83. The van der Waals surface area contributed by atoms with Gasteiger partial charge >= 0.3 is 0 Å². The molecule has 2 heterocycles. The molecule has 1 aliphatic carbocycles. The number of rotatable bonds is 7. The maximum absolute atomic E-state index is 12.7. The first-order valence-electron chi connectivity index (χ1n) is 11.1. The Kier molecular flexibility index (Phi) is 6.99. The minimum atomic E-state index is 0.0523. The molecule has 0 unspecified atom stereocenters. The predicted octanol–water partition coefficient (Wildman–Crippen LogP) is 4.06. The van der Waals surface area contributed by atoms with E-state index in [0.717, 1.165) is 52.6 Å². The van der Waals surface area contributed by atoms with Gasteiger partial charge in [-0.1, -0.05) is 30.3 Å². The van der Waals surface area contributed by atoms with E-state index in [1.54, 1.807) is 17.5 Å². The molecule has 1 fully saturated rings. The standard InChI is InChI=1S/C24H30N6OS/c1-16-20(28-23(32-16)17-7-5-4-6-8-17)15-22(31)26-18-9-11-19(12-10-18)27-24-25-14-13-21(29-24)30(2)3/h4-8,13-14,18-19H,9-12,15H2,1-3H3,(H,26,31)(H,25,27,29)/t18-,19+. The van der Waals surface area contributed by atoms with E-state index in [-0.39, 0.29) is 11.9 Å². The van der Waals surface area contributed by atoms with Crippen LogP contribution in [0.1, 0.15) is 36.3 Å². The summed E-state index contributed by atoms with van der Waals surface area (Å²) in [5.74, 6) is 1.60. The third kappa shape index (κ3) is 5.62. The Morgan fingerprint density at radius 3 is 2.50 bits per heavy atom. The van der Waals surface area contributed by atoms with Crippen LogP contribution in [0.15, 0.2) is 42.6 Å². The van der Waals surface area contributed by atoms with E-state index in [9.17, 15) is 4.79 Å². The zero-order chi connectivity index (χ0) is 22.5. The zero-order valence-corrected chi connectivity index (χ0v) is 19.7. The van der Waals surface area contributed by atoms with Gasteiger partial charge in [-0.15, -0.1) is 11.3 Å². The normalized spacial score (nSPS) is 18.2. The Bertz CT molecular complexity index is 1040. The zero-order valence-electron chi connectivity index (χ0n) is 18.8. The van der Waals surface area contributed by atoms with Crippen LogP contribution >= 0.6 is 11.3 Å². The number of amides is 1. The van der Waals surface area contributed by atoms with E-state index in [1.807, 2.05) is 50.2 Å². The highest BCUT2D eigenvalue weighted by molar-refractivity contribution is 7.15. The van der Waals surface area contributed by atoms with Crippen LogP contribution in [0, 0.1) is 6.92 Å². The molecule has 32 heavy (non-hydrogen) atoms. The second kappa shape index (κ2) is 10.1. The molecular formula is C24H30N6OS. The average molecular weight is 451 g/mol. The third-order valence-electron chi connectivity index (χ3n) is 5.77. The fourth-order valence-electron chi connectivity index (χ4n) is 3.96. The molecule has 2 aromatic heterocycles. The molecule has 1 aromatic carbocycles. The molecule has 0 saturated heterocycles. The van der Waals surface area contributed by atoms with Crippen molar-refractivity contribution in [3.8, 4) is 10.6 Å². The van der Waals surface area contributed by atoms with Crippen molar-refractivity contribution in [1.82, 2.24) is 20.3 Å². The van der Waals surface area contributed by atoms with Crippen molar-refractivity contribution < 1.29 is 4.79 Å². The molecule has 0 aliphatic heterocycles. The summed E-state index contributed by atoms with van der Waals surface area (Å²) in [7, 11) is 3.94. The number of aryl methyl sites for hydroxylation is 1. The lowest BCUT2D eigenvalue weighted by Gasteiger charge is -2.29. The molecule has 0 atom stereocenters. The lowest BCUT2D eigenvalue weighted by Crippen LogP contribution is -2.41. The summed E-state index contributed by atoms with van der Waals surface area (Å²) in [5.41, 5.74) is 1.97. The van der Waals surface area contributed by atoms with E-state index >= 15 is 0 Å². The first-order chi connectivity index (χ1) is 15.5. The summed E-state index contributed by atoms with van der Waals surface area (Å²) in [6.07, 6.45) is 5.96. The predicted molar refractivity (Wildman–Crippen MR) is 130 cm³/mol.